The Balaban J connectivity index is 1.83. The summed E-state index contributed by atoms with van der Waals surface area (Å²) in [5.74, 6) is 0.342. The summed E-state index contributed by atoms with van der Waals surface area (Å²) in [6.07, 6.45) is 12.6. The van der Waals surface area contributed by atoms with E-state index in [4.69, 9.17) is 0 Å². The highest BCUT2D eigenvalue weighted by molar-refractivity contribution is 5.76. The minimum Gasteiger partial charge on any atom is -0.389 e. The highest BCUT2D eigenvalue weighted by Gasteiger charge is 2.55. The first-order chi connectivity index (χ1) is 13.1. The molecule has 150 valence electrons. The number of fused-ring (bicyclic) bond motifs is 5. The second-order valence-electron chi connectivity index (χ2n) is 9.27. The van der Waals surface area contributed by atoms with Crippen molar-refractivity contribution in [1.82, 2.24) is 10.6 Å². The van der Waals surface area contributed by atoms with Gasteiger partial charge in [0, 0.05) is 36.3 Å². The Morgan fingerprint density at radius 3 is 2.57 bits per heavy atom. The van der Waals surface area contributed by atoms with Crippen LogP contribution in [0, 0.1) is 22.7 Å². The number of aliphatic hydroxyl groups excluding tert-OH is 1. The lowest BCUT2D eigenvalue weighted by Crippen LogP contribution is -2.51. The summed E-state index contributed by atoms with van der Waals surface area (Å²) < 4.78 is 0. The van der Waals surface area contributed by atoms with Crippen LogP contribution in [0.5, 0.6) is 0 Å². The summed E-state index contributed by atoms with van der Waals surface area (Å²) in [5.41, 5.74) is 3.10. The fourth-order valence-corrected chi connectivity index (χ4v) is 5.90. The second-order valence-corrected chi connectivity index (χ2v) is 9.27. The molecule has 1 fully saturated rings. The van der Waals surface area contributed by atoms with Crippen molar-refractivity contribution in [3.05, 3.63) is 47.2 Å². The normalized spacial score (nSPS) is 41.0. The molecular weight excluding hydrogens is 352 g/mol. The summed E-state index contributed by atoms with van der Waals surface area (Å²) in [6.45, 7) is 7.60. The highest BCUT2D eigenvalue weighted by atomic mass is 16.3. The number of hydrogen-bond acceptors (Lipinski definition) is 3. The van der Waals surface area contributed by atoms with E-state index in [-0.39, 0.29) is 40.5 Å². The lowest BCUT2D eigenvalue weighted by molar-refractivity contribution is -0.120. The van der Waals surface area contributed by atoms with Crippen LogP contribution in [0.1, 0.15) is 47.0 Å². The molecule has 4 aliphatic carbocycles. The molecule has 3 N–H and O–H groups in total. The number of carbonyl (C=O) groups is 2. The number of aliphatic hydroxyl groups is 1. The third kappa shape index (κ3) is 2.79. The molecule has 4 rings (SSSR count). The maximum Gasteiger partial charge on any atom is 0.221 e. The number of amides is 2. The van der Waals surface area contributed by atoms with E-state index in [9.17, 15) is 14.7 Å². The molecule has 4 aliphatic rings. The molecular formula is C23H30N2O3. The lowest BCUT2D eigenvalue weighted by atomic mass is 9.51. The Labute approximate surface area is 166 Å². The molecule has 28 heavy (non-hydrogen) atoms. The molecule has 0 radical (unpaired) electrons. The molecule has 0 aliphatic heterocycles. The first kappa shape index (κ1) is 19.2. The van der Waals surface area contributed by atoms with Crippen molar-refractivity contribution in [2.45, 2.75) is 59.1 Å². The van der Waals surface area contributed by atoms with Crippen LogP contribution in [0.25, 0.3) is 0 Å². The van der Waals surface area contributed by atoms with E-state index in [2.05, 4.69) is 48.8 Å². The quantitative estimate of drug-likeness (QED) is 0.643. The van der Waals surface area contributed by atoms with E-state index in [1.807, 2.05) is 6.08 Å². The molecule has 2 amide bonds. The largest absolute Gasteiger partial charge is 0.389 e. The first-order valence-corrected chi connectivity index (χ1v) is 10.2. The molecule has 1 saturated carbocycles. The zero-order valence-corrected chi connectivity index (χ0v) is 17.1. The van der Waals surface area contributed by atoms with Gasteiger partial charge >= 0.3 is 0 Å². The van der Waals surface area contributed by atoms with Crippen molar-refractivity contribution in [3.63, 3.8) is 0 Å². The van der Waals surface area contributed by atoms with Crippen LogP contribution in [-0.4, -0.2) is 29.1 Å². The lowest BCUT2D eigenvalue weighted by Gasteiger charge is -2.53. The van der Waals surface area contributed by atoms with Crippen molar-refractivity contribution in [2.75, 3.05) is 0 Å². The molecule has 0 unspecified atom stereocenters. The van der Waals surface area contributed by atoms with Gasteiger partial charge in [-0.2, -0.15) is 0 Å². The van der Waals surface area contributed by atoms with E-state index in [1.54, 1.807) is 6.92 Å². The molecule has 0 aromatic rings. The summed E-state index contributed by atoms with van der Waals surface area (Å²) in [7, 11) is 0. The van der Waals surface area contributed by atoms with Gasteiger partial charge in [-0.05, 0) is 36.8 Å². The van der Waals surface area contributed by atoms with Crippen molar-refractivity contribution in [2.24, 2.45) is 22.7 Å². The van der Waals surface area contributed by atoms with E-state index in [0.717, 1.165) is 18.5 Å². The molecule has 0 bridgehead atoms. The number of hydrogen-bond donors (Lipinski definition) is 3. The zero-order valence-electron chi connectivity index (χ0n) is 17.1. The average Bonchev–Trinajstić information content (AvgIpc) is 2.92. The minimum atomic E-state index is -0.469. The molecule has 5 nitrogen and oxygen atoms in total. The zero-order chi connectivity index (χ0) is 20.3. The number of nitrogens with one attached hydrogen (secondary N) is 2. The van der Waals surface area contributed by atoms with Crippen molar-refractivity contribution in [1.29, 1.82) is 0 Å². The molecule has 0 saturated heterocycles. The van der Waals surface area contributed by atoms with Crippen molar-refractivity contribution < 1.29 is 14.7 Å². The van der Waals surface area contributed by atoms with Crippen molar-refractivity contribution in [3.8, 4) is 0 Å². The van der Waals surface area contributed by atoms with Crippen LogP contribution < -0.4 is 10.6 Å². The van der Waals surface area contributed by atoms with Gasteiger partial charge in [0.25, 0.3) is 0 Å². The Morgan fingerprint density at radius 2 is 1.89 bits per heavy atom. The summed E-state index contributed by atoms with van der Waals surface area (Å²) in [5, 5.41) is 16.3. The minimum absolute atomic E-state index is 0.00364. The molecule has 0 spiro atoms. The molecule has 0 heterocycles. The van der Waals surface area contributed by atoms with Crippen LogP contribution in [0.2, 0.25) is 0 Å². The van der Waals surface area contributed by atoms with Gasteiger partial charge in [-0.3, -0.25) is 9.59 Å². The summed E-state index contributed by atoms with van der Waals surface area (Å²) in [4.78, 5) is 23.7. The van der Waals surface area contributed by atoms with E-state index in [0.29, 0.717) is 6.42 Å². The third-order valence-corrected chi connectivity index (χ3v) is 7.41. The van der Waals surface area contributed by atoms with Gasteiger partial charge in [-0.1, -0.05) is 43.7 Å². The van der Waals surface area contributed by atoms with Crippen LogP contribution >= 0.6 is 0 Å². The fraction of sp³-hybridized carbons (Fsp3) is 0.565. The van der Waals surface area contributed by atoms with Gasteiger partial charge in [-0.25, -0.2) is 0 Å². The van der Waals surface area contributed by atoms with Crippen LogP contribution in [0.3, 0.4) is 0 Å². The Morgan fingerprint density at radius 1 is 1.14 bits per heavy atom. The monoisotopic (exact) mass is 382 g/mol. The highest BCUT2D eigenvalue weighted by Crippen LogP contribution is 2.61. The predicted octanol–water partition coefficient (Wildman–Crippen LogP) is 2.75. The summed E-state index contributed by atoms with van der Waals surface area (Å²) in [6, 6.07) is 0.00364. The Bertz CT molecular complexity index is 852. The topological polar surface area (TPSA) is 78.4 Å². The number of carbonyl (C=O) groups excluding carboxylic acids is 2. The van der Waals surface area contributed by atoms with Gasteiger partial charge < -0.3 is 15.7 Å². The fourth-order valence-electron chi connectivity index (χ4n) is 5.90. The Hall–Kier alpha value is -2.14. The molecule has 0 aromatic carbocycles. The van der Waals surface area contributed by atoms with Gasteiger partial charge in [0.1, 0.15) is 0 Å². The van der Waals surface area contributed by atoms with Gasteiger partial charge in [0.15, 0.2) is 0 Å². The molecule has 5 heteroatoms. The van der Waals surface area contributed by atoms with Crippen LogP contribution in [0.15, 0.2) is 47.2 Å². The van der Waals surface area contributed by atoms with Gasteiger partial charge in [0.05, 0.1) is 12.1 Å². The standard InChI is InChI=1S/C23H30N2O3/c1-13(26)24-19-12-15-11-16(28)7-9-22(15,3)18-8-10-23(4)17(21(18)19)5-6-20(23)25-14(2)27/h5-7,9,12,16-18,20,28H,8,10-11H2,1-4H3,(H,24,26)(H,25,27)/t16-,17-,18-,20-,22-,23-/m0/s1. The first-order valence-electron chi connectivity index (χ1n) is 10.2. The van der Waals surface area contributed by atoms with E-state index in [1.165, 1.54) is 18.1 Å². The average molecular weight is 383 g/mol. The van der Waals surface area contributed by atoms with Gasteiger partial charge in [0.2, 0.25) is 11.8 Å². The third-order valence-electron chi connectivity index (χ3n) is 7.41. The predicted molar refractivity (Wildman–Crippen MR) is 108 cm³/mol. The second kappa shape index (κ2) is 6.45. The summed E-state index contributed by atoms with van der Waals surface area (Å²) >= 11 is 0. The molecule has 6 atom stereocenters. The number of rotatable bonds is 2. The van der Waals surface area contributed by atoms with E-state index >= 15 is 0 Å². The van der Waals surface area contributed by atoms with Crippen LogP contribution in [0.4, 0.5) is 0 Å². The van der Waals surface area contributed by atoms with Crippen LogP contribution in [-0.2, 0) is 9.59 Å². The number of allylic oxidation sites excluding steroid dienone is 4. The smallest absolute Gasteiger partial charge is 0.221 e. The maximum absolute atomic E-state index is 12.0. The van der Waals surface area contributed by atoms with Gasteiger partial charge in [-0.15, -0.1) is 0 Å². The molecule has 0 aromatic heterocycles. The van der Waals surface area contributed by atoms with Crippen molar-refractivity contribution >= 4 is 11.8 Å². The maximum atomic E-state index is 12.0. The van der Waals surface area contributed by atoms with E-state index < -0.39 is 6.10 Å². The SMILES string of the molecule is CC(=O)NC1=C2[C@@H]3C=C[C@H](NC(C)=O)[C@@]3(C)CC[C@@H]2[C@@]2(C)C=C[C@H](O)CC2=C1. The Kier molecular flexibility index (Phi) is 4.42.